The minimum atomic E-state index is 0.758. The minimum absolute atomic E-state index is 0.758. The van der Waals surface area contributed by atoms with Gasteiger partial charge in [0.2, 0.25) is 0 Å². The fourth-order valence-corrected chi connectivity index (χ4v) is 1.93. The molecule has 0 fully saturated rings. The molecule has 0 amide bonds. The molecule has 0 N–H and O–H groups in total. The average molecular weight is 250 g/mol. The zero-order chi connectivity index (χ0) is 10.1. The number of rotatable bonds is 8. The first kappa shape index (κ1) is 13.4. The summed E-state index contributed by atoms with van der Waals surface area (Å²) in [7, 11) is 0. The van der Waals surface area contributed by atoms with E-state index in [1.165, 1.54) is 38.8 Å². The summed E-state index contributed by atoms with van der Waals surface area (Å²) in [6.45, 7) is 9.33. The molecule has 1 unspecified atom stereocenters. The lowest BCUT2D eigenvalue weighted by Gasteiger charge is -2.26. The van der Waals surface area contributed by atoms with E-state index in [4.69, 9.17) is 0 Å². The lowest BCUT2D eigenvalue weighted by Crippen LogP contribution is -2.33. The fraction of sp³-hybridized carbons (Fsp3) is 1.00. The summed E-state index contributed by atoms with van der Waals surface area (Å²) in [4.78, 5) is 2.58. The number of alkyl halides is 1. The van der Waals surface area contributed by atoms with Crippen LogP contribution in [0.15, 0.2) is 0 Å². The van der Waals surface area contributed by atoms with Crippen LogP contribution in [0, 0.1) is 0 Å². The van der Waals surface area contributed by atoms with E-state index in [2.05, 4.69) is 41.6 Å². The van der Waals surface area contributed by atoms with Gasteiger partial charge in [-0.25, -0.2) is 0 Å². The van der Waals surface area contributed by atoms with Crippen LogP contribution in [0.5, 0.6) is 0 Å². The molecule has 0 aliphatic heterocycles. The number of halogens is 1. The topological polar surface area (TPSA) is 3.24 Å². The summed E-state index contributed by atoms with van der Waals surface area (Å²) in [5.74, 6) is 0. The first-order valence-corrected chi connectivity index (χ1v) is 6.68. The minimum Gasteiger partial charge on any atom is -0.301 e. The molecule has 0 saturated heterocycles. The van der Waals surface area contributed by atoms with Gasteiger partial charge in [-0.3, -0.25) is 0 Å². The zero-order valence-corrected chi connectivity index (χ0v) is 10.9. The van der Waals surface area contributed by atoms with Crippen molar-refractivity contribution in [2.45, 2.75) is 52.5 Å². The van der Waals surface area contributed by atoms with Crippen LogP contribution in [0.3, 0.4) is 0 Å². The Morgan fingerprint density at radius 3 is 2.31 bits per heavy atom. The van der Waals surface area contributed by atoms with Gasteiger partial charge in [0.1, 0.15) is 0 Å². The van der Waals surface area contributed by atoms with E-state index in [-0.39, 0.29) is 0 Å². The molecule has 0 aliphatic carbocycles. The van der Waals surface area contributed by atoms with Crippen molar-refractivity contribution >= 4 is 15.9 Å². The van der Waals surface area contributed by atoms with Crippen LogP contribution in [0.25, 0.3) is 0 Å². The predicted molar refractivity (Wildman–Crippen MR) is 64.6 cm³/mol. The summed E-state index contributed by atoms with van der Waals surface area (Å²) in [6, 6.07) is 0.758. The molecular weight excluding hydrogens is 226 g/mol. The average Bonchev–Trinajstić information content (AvgIpc) is 2.17. The van der Waals surface area contributed by atoms with Gasteiger partial charge in [0.15, 0.2) is 0 Å². The summed E-state index contributed by atoms with van der Waals surface area (Å²) in [5, 5.41) is 1.16. The molecule has 1 nitrogen and oxygen atoms in total. The van der Waals surface area contributed by atoms with Crippen LogP contribution >= 0.6 is 15.9 Å². The first-order valence-electron chi connectivity index (χ1n) is 5.56. The molecule has 0 aliphatic rings. The van der Waals surface area contributed by atoms with Crippen LogP contribution in [-0.4, -0.2) is 29.4 Å². The summed E-state index contributed by atoms with van der Waals surface area (Å²) in [6.07, 6.45) is 5.30. The van der Waals surface area contributed by atoms with Crippen molar-refractivity contribution in [3.8, 4) is 0 Å². The van der Waals surface area contributed by atoms with E-state index in [0.29, 0.717) is 0 Å². The van der Waals surface area contributed by atoms with E-state index >= 15 is 0 Å². The van der Waals surface area contributed by atoms with Crippen molar-refractivity contribution in [2.75, 3.05) is 18.4 Å². The highest BCUT2D eigenvalue weighted by Gasteiger charge is 2.08. The van der Waals surface area contributed by atoms with Gasteiger partial charge in [-0.05, 0) is 39.3 Å². The molecule has 0 radical (unpaired) electrons. The van der Waals surface area contributed by atoms with Gasteiger partial charge in [-0.2, -0.15) is 0 Å². The van der Waals surface area contributed by atoms with Crippen molar-refractivity contribution in [1.82, 2.24) is 4.90 Å². The quantitative estimate of drug-likeness (QED) is 0.469. The van der Waals surface area contributed by atoms with Crippen LogP contribution in [-0.2, 0) is 0 Å². The standard InChI is InChI=1S/C11H24BrN/c1-4-11(3)13(5-2)10-8-6-7-9-12/h11H,4-10H2,1-3H3. The molecule has 0 rings (SSSR count). The maximum Gasteiger partial charge on any atom is 0.00641 e. The molecule has 80 valence electrons. The molecule has 0 spiro atoms. The second kappa shape index (κ2) is 9.01. The van der Waals surface area contributed by atoms with Crippen LogP contribution in [0.2, 0.25) is 0 Å². The Bertz CT molecular complexity index is 106. The van der Waals surface area contributed by atoms with Crippen LogP contribution in [0.4, 0.5) is 0 Å². The third kappa shape index (κ3) is 6.50. The van der Waals surface area contributed by atoms with E-state index < -0.39 is 0 Å². The molecule has 0 aromatic carbocycles. The Labute approximate surface area is 92.0 Å². The highest BCUT2D eigenvalue weighted by atomic mass is 79.9. The van der Waals surface area contributed by atoms with Crippen molar-refractivity contribution in [3.05, 3.63) is 0 Å². The van der Waals surface area contributed by atoms with Crippen molar-refractivity contribution in [1.29, 1.82) is 0 Å². The van der Waals surface area contributed by atoms with Gasteiger partial charge >= 0.3 is 0 Å². The highest BCUT2D eigenvalue weighted by Crippen LogP contribution is 2.06. The lowest BCUT2D eigenvalue weighted by molar-refractivity contribution is 0.210. The predicted octanol–water partition coefficient (Wildman–Crippen LogP) is 3.67. The number of unbranched alkanes of at least 4 members (excludes halogenated alkanes) is 2. The zero-order valence-electron chi connectivity index (χ0n) is 9.35. The number of hydrogen-bond acceptors (Lipinski definition) is 1. The molecule has 1 atom stereocenters. The van der Waals surface area contributed by atoms with Crippen molar-refractivity contribution in [2.24, 2.45) is 0 Å². The molecule has 2 heteroatoms. The van der Waals surface area contributed by atoms with E-state index in [0.717, 1.165) is 11.4 Å². The molecule has 0 heterocycles. The van der Waals surface area contributed by atoms with E-state index in [9.17, 15) is 0 Å². The Balaban J connectivity index is 3.47. The van der Waals surface area contributed by atoms with Crippen molar-refractivity contribution < 1.29 is 0 Å². The van der Waals surface area contributed by atoms with Gasteiger partial charge in [-0.15, -0.1) is 0 Å². The molecule has 13 heavy (non-hydrogen) atoms. The molecule has 0 aromatic rings. The molecule has 0 aromatic heterocycles. The maximum atomic E-state index is 3.46. The Kier molecular flexibility index (Phi) is 9.32. The molecular formula is C11H24BrN. The molecule has 0 bridgehead atoms. The largest absolute Gasteiger partial charge is 0.301 e. The van der Waals surface area contributed by atoms with Crippen LogP contribution in [0.1, 0.15) is 46.5 Å². The van der Waals surface area contributed by atoms with E-state index in [1.54, 1.807) is 0 Å². The van der Waals surface area contributed by atoms with Gasteiger partial charge in [0, 0.05) is 11.4 Å². The van der Waals surface area contributed by atoms with Crippen molar-refractivity contribution in [3.63, 3.8) is 0 Å². The fourth-order valence-electron chi connectivity index (χ4n) is 1.53. The monoisotopic (exact) mass is 249 g/mol. The van der Waals surface area contributed by atoms with Crippen LogP contribution < -0.4 is 0 Å². The molecule has 0 saturated carbocycles. The first-order chi connectivity index (χ1) is 6.26. The Morgan fingerprint density at radius 1 is 1.15 bits per heavy atom. The van der Waals surface area contributed by atoms with Gasteiger partial charge in [0.25, 0.3) is 0 Å². The Hall–Kier alpha value is 0.440. The number of nitrogens with zero attached hydrogens (tertiary/aromatic N) is 1. The summed E-state index contributed by atoms with van der Waals surface area (Å²) < 4.78 is 0. The second-order valence-corrected chi connectivity index (χ2v) is 4.43. The normalized spacial score (nSPS) is 13.6. The van der Waals surface area contributed by atoms with Gasteiger partial charge in [0.05, 0.1) is 0 Å². The van der Waals surface area contributed by atoms with Gasteiger partial charge in [-0.1, -0.05) is 36.2 Å². The third-order valence-electron chi connectivity index (χ3n) is 2.70. The summed E-state index contributed by atoms with van der Waals surface area (Å²) >= 11 is 3.46. The lowest BCUT2D eigenvalue weighted by atomic mass is 10.2. The van der Waals surface area contributed by atoms with E-state index in [1.807, 2.05) is 0 Å². The SMILES string of the molecule is CCC(C)N(CC)CCCCCBr. The second-order valence-electron chi connectivity index (χ2n) is 3.64. The van der Waals surface area contributed by atoms with Gasteiger partial charge < -0.3 is 4.90 Å². The highest BCUT2D eigenvalue weighted by molar-refractivity contribution is 9.09. The summed E-state index contributed by atoms with van der Waals surface area (Å²) in [5.41, 5.74) is 0. The third-order valence-corrected chi connectivity index (χ3v) is 3.26. The number of hydrogen-bond donors (Lipinski definition) is 0. The Morgan fingerprint density at radius 2 is 1.85 bits per heavy atom. The smallest absolute Gasteiger partial charge is 0.00641 e. The maximum absolute atomic E-state index is 3.46.